The first-order valence-electron chi connectivity index (χ1n) is 7.49. The predicted octanol–water partition coefficient (Wildman–Crippen LogP) is 3.86. The van der Waals surface area contributed by atoms with E-state index in [4.69, 9.17) is 4.42 Å². The molecule has 1 amide bonds. The van der Waals surface area contributed by atoms with Crippen LogP contribution in [0, 0.1) is 24.0 Å². The third kappa shape index (κ3) is 3.58. The second-order valence-electron chi connectivity index (χ2n) is 5.41. The zero-order valence-electron chi connectivity index (χ0n) is 13.6. The van der Waals surface area contributed by atoms with E-state index in [0.717, 1.165) is 10.7 Å². The number of hydrogen-bond acceptors (Lipinski definition) is 6. The fraction of sp³-hybridized carbons (Fsp3) is 0.176. The molecule has 0 unspecified atom stereocenters. The molecule has 0 bridgehead atoms. The number of nitro benzene ring substituents is 1. The number of nitrogens with one attached hydrogen (secondary N) is 1. The standard InChI is InChI=1S/C17H15N3O4S/c1-10-13(4-3-5-15(10)20(22)23)17(21)18-8-12-6-7-16(24-12)14-9-25-11(2)19-14/h3-7,9H,8H2,1-2H3,(H,18,21). The van der Waals surface area contributed by atoms with Crippen LogP contribution in [-0.2, 0) is 6.54 Å². The van der Waals surface area contributed by atoms with Gasteiger partial charge in [0.25, 0.3) is 11.6 Å². The molecule has 0 saturated carbocycles. The van der Waals surface area contributed by atoms with Crippen molar-refractivity contribution in [2.24, 2.45) is 0 Å². The number of carbonyl (C=O) groups is 1. The Morgan fingerprint density at radius 3 is 2.80 bits per heavy atom. The number of rotatable bonds is 5. The van der Waals surface area contributed by atoms with Gasteiger partial charge >= 0.3 is 0 Å². The van der Waals surface area contributed by atoms with Crippen LogP contribution in [0.3, 0.4) is 0 Å². The third-order valence-electron chi connectivity index (χ3n) is 3.70. The van der Waals surface area contributed by atoms with Crippen molar-refractivity contribution in [1.82, 2.24) is 10.3 Å². The fourth-order valence-corrected chi connectivity index (χ4v) is 3.02. The van der Waals surface area contributed by atoms with Crippen molar-refractivity contribution < 1.29 is 14.1 Å². The van der Waals surface area contributed by atoms with Gasteiger partial charge in [0.05, 0.1) is 16.5 Å². The van der Waals surface area contributed by atoms with Crippen molar-refractivity contribution in [1.29, 1.82) is 0 Å². The summed E-state index contributed by atoms with van der Waals surface area (Å²) in [6.07, 6.45) is 0. The molecule has 1 N–H and O–H groups in total. The molecule has 0 atom stereocenters. The van der Waals surface area contributed by atoms with Crippen molar-refractivity contribution in [2.45, 2.75) is 20.4 Å². The molecule has 0 saturated heterocycles. The second kappa shape index (κ2) is 6.86. The maximum Gasteiger partial charge on any atom is 0.273 e. The van der Waals surface area contributed by atoms with Gasteiger partial charge in [-0.25, -0.2) is 4.98 Å². The van der Waals surface area contributed by atoms with Crippen LogP contribution in [0.2, 0.25) is 0 Å². The van der Waals surface area contributed by atoms with Gasteiger partial charge in [-0.15, -0.1) is 11.3 Å². The summed E-state index contributed by atoms with van der Waals surface area (Å²) in [5, 5.41) is 16.5. The van der Waals surface area contributed by atoms with E-state index in [-0.39, 0.29) is 23.7 Å². The molecule has 0 aliphatic heterocycles. The summed E-state index contributed by atoms with van der Waals surface area (Å²) in [7, 11) is 0. The fourth-order valence-electron chi connectivity index (χ4n) is 2.42. The molecule has 2 aromatic heterocycles. The summed E-state index contributed by atoms with van der Waals surface area (Å²) in [6.45, 7) is 3.66. The van der Waals surface area contributed by atoms with Crippen LogP contribution in [0.1, 0.15) is 26.7 Å². The van der Waals surface area contributed by atoms with E-state index in [9.17, 15) is 14.9 Å². The van der Waals surface area contributed by atoms with E-state index < -0.39 is 4.92 Å². The van der Waals surface area contributed by atoms with Crippen LogP contribution in [0.25, 0.3) is 11.5 Å². The van der Waals surface area contributed by atoms with Crippen LogP contribution in [0.5, 0.6) is 0 Å². The molecule has 0 aliphatic carbocycles. The Morgan fingerprint density at radius 1 is 1.32 bits per heavy atom. The number of furan rings is 1. The summed E-state index contributed by atoms with van der Waals surface area (Å²) in [5.41, 5.74) is 1.29. The minimum Gasteiger partial charge on any atom is -0.458 e. The van der Waals surface area contributed by atoms with Crippen molar-refractivity contribution in [3.05, 3.63) is 67.7 Å². The normalized spacial score (nSPS) is 10.6. The second-order valence-corrected chi connectivity index (χ2v) is 6.47. The van der Waals surface area contributed by atoms with Crippen molar-refractivity contribution in [3.63, 3.8) is 0 Å². The Labute approximate surface area is 147 Å². The quantitative estimate of drug-likeness (QED) is 0.552. The minimum absolute atomic E-state index is 0.0770. The SMILES string of the molecule is Cc1nc(-c2ccc(CNC(=O)c3cccc([N+](=O)[O-])c3C)o2)cs1. The summed E-state index contributed by atoms with van der Waals surface area (Å²) >= 11 is 1.53. The molecule has 0 radical (unpaired) electrons. The number of amides is 1. The number of nitro groups is 1. The molecule has 7 nitrogen and oxygen atoms in total. The molecule has 8 heteroatoms. The maximum atomic E-state index is 12.3. The van der Waals surface area contributed by atoms with Crippen LogP contribution < -0.4 is 5.32 Å². The molecule has 2 heterocycles. The minimum atomic E-state index is -0.499. The molecule has 1 aromatic carbocycles. The highest BCUT2D eigenvalue weighted by Crippen LogP contribution is 2.24. The van der Waals surface area contributed by atoms with Gasteiger partial charge < -0.3 is 9.73 Å². The first kappa shape index (κ1) is 16.8. The van der Waals surface area contributed by atoms with E-state index in [1.807, 2.05) is 12.3 Å². The van der Waals surface area contributed by atoms with E-state index in [2.05, 4.69) is 10.3 Å². The Balaban J connectivity index is 1.70. The van der Waals surface area contributed by atoms with Gasteiger partial charge in [0.15, 0.2) is 5.76 Å². The average Bonchev–Trinajstić information content (AvgIpc) is 3.21. The van der Waals surface area contributed by atoms with E-state index in [1.165, 1.54) is 23.5 Å². The highest BCUT2D eigenvalue weighted by atomic mass is 32.1. The van der Waals surface area contributed by atoms with Gasteiger partial charge in [0.1, 0.15) is 11.5 Å². The summed E-state index contributed by atoms with van der Waals surface area (Å²) < 4.78 is 5.68. The summed E-state index contributed by atoms with van der Waals surface area (Å²) in [6, 6.07) is 8.00. The summed E-state index contributed by atoms with van der Waals surface area (Å²) in [4.78, 5) is 27.1. The molecule has 128 valence electrons. The molecule has 3 aromatic rings. The van der Waals surface area contributed by atoms with E-state index in [1.54, 1.807) is 25.1 Å². The first-order chi connectivity index (χ1) is 12.0. The van der Waals surface area contributed by atoms with Crippen LogP contribution in [0.15, 0.2) is 40.1 Å². The Kier molecular flexibility index (Phi) is 4.62. The van der Waals surface area contributed by atoms with Crippen molar-refractivity contribution in [2.75, 3.05) is 0 Å². The highest BCUT2D eigenvalue weighted by molar-refractivity contribution is 7.09. The monoisotopic (exact) mass is 357 g/mol. The smallest absolute Gasteiger partial charge is 0.273 e. The van der Waals surface area contributed by atoms with Gasteiger partial charge in [-0.1, -0.05) is 6.07 Å². The van der Waals surface area contributed by atoms with Gasteiger partial charge in [-0.2, -0.15) is 0 Å². The Hall–Kier alpha value is -3.00. The largest absolute Gasteiger partial charge is 0.458 e. The van der Waals surface area contributed by atoms with Gasteiger partial charge in [0, 0.05) is 22.6 Å². The molecular formula is C17H15N3O4S. The number of carbonyl (C=O) groups excluding carboxylic acids is 1. The number of hydrogen-bond donors (Lipinski definition) is 1. The lowest BCUT2D eigenvalue weighted by Gasteiger charge is -2.06. The van der Waals surface area contributed by atoms with Crippen LogP contribution >= 0.6 is 11.3 Å². The molecule has 25 heavy (non-hydrogen) atoms. The van der Waals surface area contributed by atoms with Crippen molar-refractivity contribution >= 4 is 22.9 Å². The number of aromatic nitrogens is 1. The zero-order valence-corrected chi connectivity index (χ0v) is 14.4. The van der Waals surface area contributed by atoms with Crippen LogP contribution in [0.4, 0.5) is 5.69 Å². The highest BCUT2D eigenvalue weighted by Gasteiger charge is 2.18. The Bertz CT molecular complexity index is 945. The average molecular weight is 357 g/mol. The predicted molar refractivity (Wildman–Crippen MR) is 93.6 cm³/mol. The van der Waals surface area contributed by atoms with Crippen LogP contribution in [-0.4, -0.2) is 15.8 Å². The number of thiazole rings is 1. The van der Waals surface area contributed by atoms with Gasteiger partial charge in [-0.3, -0.25) is 14.9 Å². The summed E-state index contributed by atoms with van der Waals surface area (Å²) in [5.74, 6) is 0.834. The van der Waals surface area contributed by atoms with E-state index in [0.29, 0.717) is 17.1 Å². The molecule has 0 fully saturated rings. The number of nitrogens with zero attached hydrogens (tertiary/aromatic N) is 2. The molecule has 0 aliphatic rings. The third-order valence-corrected chi connectivity index (χ3v) is 4.48. The maximum absolute atomic E-state index is 12.3. The lowest BCUT2D eigenvalue weighted by molar-refractivity contribution is -0.385. The van der Waals surface area contributed by atoms with Gasteiger partial charge in [-0.05, 0) is 32.0 Å². The lowest BCUT2D eigenvalue weighted by atomic mass is 10.1. The molecule has 3 rings (SSSR count). The molecular weight excluding hydrogens is 342 g/mol. The zero-order chi connectivity index (χ0) is 18.0. The first-order valence-corrected chi connectivity index (χ1v) is 8.37. The van der Waals surface area contributed by atoms with E-state index >= 15 is 0 Å². The number of aryl methyl sites for hydroxylation is 1. The topological polar surface area (TPSA) is 98.3 Å². The number of benzene rings is 1. The molecule has 0 spiro atoms. The Morgan fingerprint density at radius 2 is 2.12 bits per heavy atom. The van der Waals surface area contributed by atoms with Crippen molar-refractivity contribution in [3.8, 4) is 11.5 Å². The van der Waals surface area contributed by atoms with Gasteiger partial charge in [0.2, 0.25) is 0 Å². The lowest BCUT2D eigenvalue weighted by Crippen LogP contribution is -2.23.